The summed E-state index contributed by atoms with van der Waals surface area (Å²) >= 11 is 5.70. The van der Waals surface area contributed by atoms with Crippen molar-refractivity contribution in [3.63, 3.8) is 0 Å². The molecular formula is C9H9ClO4. The van der Waals surface area contributed by atoms with Gasteiger partial charge in [-0.3, -0.25) is 0 Å². The molecule has 0 heterocycles. The minimum absolute atomic E-state index is 0.198. The number of hydrogen-bond acceptors (Lipinski definition) is 3. The monoisotopic (exact) mass is 216 g/mol. The molecule has 0 aliphatic heterocycles. The fourth-order valence-corrected chi connectivity index (χ4v) is 1.27. The zero-order chi connectivity index (χ0) is 10.7. The van der Waals surface area contributed by atoms with Crippen LogP contribution in [0, 0.1) is 0 Å². The van der Waals surface area contributed by atoms with Gasteiger partial charge in [-0.25, -0.2) is 4.79 Å². The Morgan fingerprint density at radius 3 is 2.36 bits per heavy atom. The fraction of sp³-hybridized carbons (Fsp3) is 0.222. The highest BCUT2D eigenvalue weighted by Crippen LogP contribution is 2.24. The van der Waals surface area contributed by atoms with Crippen LogP contribution in [0.4, 0.5) is 0 Å². The average Bonchev–Trinajstić information content (AvgIpc) is 2.16. The normalized spacial score (nSPS) is 14.8. The van der Waals surface area contributed by atoms with Crippen molar-refractivity contribution in [2.75, 3.05) is 0 Å². The van der Waals surface area contributed by atoms with Gasteiger partial charge in [-0.1, -0.05) is 29.8 Å². The number of carbonyl (C=O) groups is 1. The second kappa shape index (κ2) is 4.41. The molecule has 1 rings (SSSR count). The Kier molecular flexibility index (Phi) is 3.46. The molecule has 0 spiro atoms. The highest BCUT2D eigenvalue weighted by molar-refractivity contribution is 6.31. The van der Waals surface area contributed by atoms with Gasteiger partial charge in [-0.15, -0.1) is 0 Å². The predicted molar refractivity (Wildman–Crippen MR) is 50.1 cm³/mol. The van der Waals surface area contributed by atoms with Crippen LogP contribution < -0.4 is 0 Å². The second-order valence-corrected chi connectivity index (χ2v) is 3.16. The van der Waals surface area contributed by atoms with Crippen molar-refractivity contribution in [3.05, 3.63) is 34.9 Å². The SMILES string of the molecule is O=C(O)C(O)C(O)c1ccccc1Cl. The summed E-state index contributed by atoms with van der Waals surface area (Å²) in [5, 5.41) is 27.2. The van der Waals surface area contributed by atoms with E-state index < -0.39 is 18.2 Å². The van der Waals surface area contributed by atoms with Gasteiger partial charge in [-0.2, -0.15) is 0 Å². The van der Waals surface area contributed by atoms with Crippen LogP contribution in [0.25, 0.3) is 0 Å². The van der Waals surface area contributed by atoms with Crippen molar-refractivity contribution in [3.8, 4) is 0 Å². The van der Waals surface area contributed by atoms with Crippen LogP contribution in [-0.4, -0.2) is 27.4 Å². The van der Waals surface area contributed by atoms with E-state index in [-0.39, 0.29) is 10.6 Å². The molecule has 0 radical (unpaired) electrons. The molecule has 0 amide bonds. The van der Waals surface area contributed by atoms with E-state index in [0.717, 1.165) is 0 Å². The van der Waals surface area contributed by atoms with Gasteiger partial charge in [-0.05, 0) is 6.07 Å². The van der Waals surface area contributed by atoms with Gasteiger partial charge >= 0.3 is 5.97 Å². The maximum Gasteiger partial charge on any atom is 0.335 e. The molecule has 0 saturated heterocycles. The Hall–Kier alpha value is -1.10. The molecule has 5 heteroatoms. The van der Waals surface area contributed by atoms with E-state index in [0.29, 0.717) is 0 Å². The molecular weight excluding hydrogens is 208 g/mol. The van der Waals surface area contributed by atoms with Crippen molar-refractivity contribution in [1.29, 1.82) is 0 Å². The molecule has 4 nitrogen and oxygen atoms in total. The van der Waals surface area contributed by atoms with Crippen LogP contribution in [-0.2, 0) is 4.79 Å². The van der Waals surface area contributed by atoms with Gasteiger partial charge in [0.1, 0.15) is 6.10 Å². The lowest BCUT2D eigenvalue weighted by molar-refractivity contribution is -0.153. The summed E-state index contributed by atoms with van der Waals surface area (Å²) in [5.41, 5.74) is 0.198. The standard InChI is InChI=1S/C9H9ClO4/c10-6-4-2-1-3-5(6)7(11)8(12)9(13)14/h1-4,7-8,11-12H,(H,13,14). The lowest BCUT2D eigenvalue weighted by Crippen LogP contribution is -2.27. The van der Waals surface area contributed by atoms with Crippen LogP contribution in [0.15, 0.2) is 24.3 Å². The van der Waals surface area contributed by atoms with Gasteiger partial charge in [0.15, 0.2) is 6.10 Å². The summed E-state index contributed by atoms with van der Waals surface area (Å²) in [6.07, 6.45) is -3.38. The quantitative estimate of drug-likeness (QED) is 0.699. The van der Waals surface area contributed by atoms with Crippen LogP contribution in [0.3, 0.4) is 0 Å². The molecule has 0 saturated carbocycles. The minimum atomic E-state index is -1.87. The molecule has 1 aromatic rings. The zero-order valence-corrected chi connectivity index (χ0v) is 7.85. The first kappa shape index (κ1) is 11.0. The molecule has 0 aliphatic carbocycles. The first-order valence-corrected chi connectivity index (χ1v) is 4.25. The maximum atomic E-state index is 10.4. The first-order valence-electron chi connectivity index (χ1n) is 3.87. The molecule has 0 aromatic heterocycles. The van der Waals surface area contributed by atoms with Gasteiger partial charge in [0.2, 0.25) is 0 Å². The number of aliphatic hydroxyl groups excluding tert-OH is 2. The Bertz CT molecular complexity index is 339. The van der Waals surface area contributed by atoms with E-state index in [1.54, 1.807) is 12.1 Å². The lowest BCUT2D eigenvalue weighted by atomic mass is 10.0. The molecule has 0 aliphatic rings. The molecule has 3 N–H and O–H groups in total. The summed E-state index contributed by atoms with van der Waals surface area (Å²) in [6.45, 7) is 0. The number of benzene rings is 1. The molecule has 1 aromatic carbocycles. The van der Waals surface area contributed by atoms with E-state index in [4.69, 9.17) is 21.8 Å². The predicted octanol–water partition coefficient (Wildman–Crippen LogP) is 0.819. The van der Waals surface area contributed by atoms with Gasteiger partial charge in [0, 0.05) is 10.6 Å². The molecule has 0 fully saturated rings. The third kappa shape index (κ3) is 2.23. The van der Waals surface area contributed by atoms with Gasteiger partial charge < -0.3 is 15.3 Å². The van der Waals surface area contributed by atoms with E-state index in [1.165, 1.54) is 12.1 Å². The van der Waals surface area contributed by atoms with Crippen molar-refractivity contribution in [1.82, 2.24) is 0 Å². The summed E-state index contributed by atoms with van der Waals surface area (Å²) in [6, 6.07) is 6.21. The maximum absolute atomic E-state index is 10.4. The molecule has 14 heavy (non-hydrogen) atoms. The second-order valence-electron chi connectivity index (χ2n) is 2.75. The number of carboxylic acid groups (broad SMARTS) is 1. The Labute approximate surface area is 85.4 Å². The van der Waals surface area contributed by atoms with Crippen LogP contribution >= 0.6 is 11.6 Å². The summed E-state index contributed by atoms with van der Waals surface area (Å²) < 4.78 is 0. The Morgan fingerprint density at radius 2 is 1.86 bits per heavy atom. The highest BCUT2D eigenvalue weighted by atomic mass is 35.5. The number of halogens is 1. The molecule has 2 atom stereocenters. The number of aliphatic carboxylic acids is 1. The highest BCUT2D eigenvalue weighted by Gasteiger charge is 2.26. The van der Waals surface area contributed by atoms with E-state index in [9.17, 15) is 9.90 Å². The lowest BCUT2D eigenvalue weighted by Gasteiger charge is -2.15. The number of carboxylic acids is 1. The van der Waals surface area contributed by atoms with E-state index in [1.807, 2.05) is 0 Å². The number of hydrogen-bond donors (Lipinski definition) is 3. The molecule has 2 unspecified atom stereocenters. The smallest absolute Gasteiger partial charge is 0.335 e. The number of rotatable bonds is 3. The minimum Gasteiger partial charge on any atom is -0.479 e. The number of aliphatic hydroxyl groups is 2. The van der Waals surface area contributed by atoms with Crippen LogP contribution in [0.2, 0.25) is 5.02 Å². The van der Waals surface area contributed by atoms with Crippen molar-refractivity contribution in [2.45, 2.75) is 12.2 Å². The summed E-state index contributed by atoms with van der Waals surface area (Å²) in [4.78, 5) is 10.4. The van der Waals surface area contributed by atoms with Gasteiger partial charge in [0.25, 0.3) is 0 Å². The largest absolute Gasteiger partial charge is 0.479 e. The summed E-state index contributed by atoms with van der Waals surface area (Å²) in [5.74, 6) is -1.49. The Morgan fingerprint density at radius 1 is 1.29 bits per heavy atom. The van der Waals surface area contributed by atoms with Crippen molar-refractivity contribution < 1.29 is 20.1 Å². The Balaban J connectivity index is 2.94. The van der Waals surface area contributed by atoms with Crippen LogP contribution in [0.5, 0.6) is 0 Å². The van der Waals surface area contributed by atoms with E-state index in [2.05, 4.69) is 0 Å². The first-order chi connectivity index (χ1) is 6.54. The van der Waals surface area contributed by atoms with Crippen LogP contribution in [0.1, 0.15) is 11.7 Å². The topological polar surface area (TPSA) is 77.8 Å². The summed E-state index contributed by atoms with van der Waals surface area (Å²) in [7, 11) is 0. The zero-order valence-electron chi connectivity index (χ0n) is 7.09. The van der Waals surface area contributed by atoms with E-state index >= 15 is 0 Å². The average molecular weight is 217 g/mol. The van der Waals surface area contributed by atoms with Crippen molar-refractivity contribution in [2.24, 2.45) is 0 Å². The third-order valence-corrected chi connectivity index (χ3v) is 2.12. The third-order valence-electron chi connectivity index (χ3n) is 1.78. The fourth-order valence-electron chi connectivity index (χ4n) is 1.02. The van der Waals surface area contributed by atoms with Crippen molar-refractivity contribution >= 4 is 17.6 Å². The van der Waals surface area contributed by atoms with Gasteiger partial charge in [0.05, 0.1) is 0 Å². The molecule has 76 valence electrons. The molecule has 0 bridgehead atoms.